The number of hydrogen-bond acceptors (Lipinski definition) is 1. The molecule has 2 unspecified atom stereocenters. The Kier molecular flexibility index (Phi) is 8.21. The fourth-order valence-electron chi connectivity index (χ4n) is 9.47. The first-order valence-electron chi connectivity index (χ1n) is 19.9. The van der Waals surface area contributed by atoms with E-state index in [-0.39, 0.29) is 0 Å². The van der Waals surface area contributed by atoms with Gasteiger partial charge in [-0.25, -0.2) is 4.98 Å². The average Bonchev–Trinajstić information content (AvgIpc) is 3.59. The summed E-state index contributed by atoms with van der Waals surface area (Å²) >= 11 is 0. The summed E-state index contributed by atoms with van der Waals surface area (Å²) in [6.45, 7) is 4.65. The molecule has 266 valence electrons. The summed E-state index contributed by atoms with van der Waals surface area (Å²) in [7, 11) is 2.12. The van der Waals surface area contributed by atoms with Crippen LogP contribution in [-0.2, 0) is 7.05 Å². The molecule has 1 aromatic heterocycles. The second kappa shape index (κ2) is 13.6. The Morgan fingerprint density at radius 2 is 1.09 bits per heavy atom. The molecule has 0 saturated heterocycles. The fraction of sp³-hybridized carbons (Fsp3) is 0.151. The summed E-state index contributed by atoms with van der Waals surface area (Å²) in [5.74, 6) is 1.80. The first-order valence-corrected chi connectivity index (χ1v) is 19.9. The van der Waals surface area contributed by atoms with E-state index in [0.717, 1.165) is 41.7 Å². The van der Waals surface area contributed by atoms with Gasteiger partial charge in [-0.2, -0.15) is 0 Å². The molecule has 55 heavy (non-hydrogen) atoms. The highest BCUT2D eigenvalue weighted by Gasteiger charge is 2.29. The van der Waals surface area contributed by atoms with E-state index in [4.69, 9.17) is 4.98 Å². The van der Waals surface area contributed by atoms with Crippen LogP contribution in [0.1, 0.15) is 61.6 Å². The van der Waals surface area contributed by atoms with Gasteiger partial charge in [0.05, 0.1) is 11.0 Å². The lowest BCUT2D eigenvalue weighted by molar-refractivity contribution is 0.685. The van der Waals surface area contributed by atoms with Crippen molar-refractivity contribution in [3.8, 4) is 33.6 Å². The molecule has 0 amide bonds. The van der Waals surface area contributed by atoms with E-state index in [2.05, 4.69) is 189 Å². The second-order valence-corrected chi connectivity index (χ2v) is 15.3. The molecule has 1 heterocycles. The number of aryl methyl sites for hydroxylation is 1. The van der Waals surface area contributed by atoms with Crippen LogP contribution in [0.15, 0.2) is 164 Å². The summed E-state index contributed by atoms with van der Waals surface area (Å²) in [4.78, 5) is 5.15. The molecule has 2 heteroatoms. The predicted molar refractivity (Wildman–Crippen MR) is 235 cm³/mol. The molecule has 0 bridgehead atoms. The van der Waals surface area contributed by atoms with Crippen LogP contribution in [0.4, 0.5) is 0 Å². The van der Waals surface area contributed by atoms with Crippen molar-refractivity contribution in [3.05, 3.63) is 180 Å². The normalized spacial score (nSPS) is 15.5. The molecule has 0 aliphatic heterocycles. The van der Waals surface area contributed by atoms with Gasteiger partial charge < -0.3 is 4.57 Å². The molecule has 8 aromatic carbocycles. The molecule has 0 spiro atoms. The summed E-state index contributed by atoms with van der Waals surface area (Å²) in [6.07, 6.45) is 6.00. The van der Waals surface area contributed by atoms with Gasteiger partial charge in [-0.05, 0) is 90.4 Å². The Bertz CT molecular complexity index is 2930. The first kappa shape index (κ1) is 33.3. The zero-order chi connectivity index (χ0) is 37.0. The number of imidazole rings is 1. The van der Waals surface area contributed by atoms with Crippen LogP contribution in [0.2, 0.25) is 0 Å². The zero-order valence-corrected chi connectivity index (χ0v) is 31.8. The molecule has 1 aliphatic carbocycles. The van der Waals surface area contributed by atoms with Crippen LogP contribution in [0, 0.1) is 0 Å². The van der Waals surface area contributed by atoms with Crippen molar-refractivity contribution in [3.63, 3.8) is 0 Å². The number of benzene rings is 8. The van der Waals surface area contributed by atoms with Crippen LogP contribution < -0.4 is 0 Å². The molecule has 10 rings (SSSR count). The Morgan fingerprint density at radius 3 is 1.75 bits per heavy atom. The van der Waals surface area contributed by atoms with Gasteiger partial charge in [0, 0.05) is 29.8 Å². The predicted octanol–water partition coefficient (Wildman–Crippen LogP) is 14.5. The quantitative estimate of drug-likeness (QED) is 0.161. The largest absolute Gasteiger partial charge is 0.327 e. The minimum absolute atomic E-state index is 0.404. The number of aromatic nitrogens is 2. The van der Waals surface area contributed by atoms with E-state index in [1.54, 1.807) is 5.56 Å². The lowest BCUT2D eigenvalue weighted by atomic mass is 9.71. The smallest absolute Gasteiger partial charge is 0.140 e. The van der Waals surface area contributed by atoms with E-state index in [0.29, 0.717) is 11.8 Å². The van der Waals surface area contributed by atoms with Crippen LogP contribution in [0.5, 0.6) is 0 Å². The van der Waals surface area contributed by atoms with Crippen LogP contribution >= 0.6 is 0 Å². The fourth-order valence-corrected chi connectivity index (χ4v) is 9.47. The highest BCUT2D eigenvalue weighted by Crippen LogP contribution is 2.48. The van der Waals surface area contributed by atoms with Crippen molar-refractivity contribution >= 4 is 48.9 Å². The minimum Gasteiger partial charge on any atom is -0.327 e. The number of rotatable bonds is 7. The Labute approximate surface area is 323 Å². The van der Waals surface area contributed by atoms with Gasteiger partial charge >= 0.3 is 0 Å². The molecule has 2 atom stereocenters. The van der Waals surface area contributed by atoms with Crippen LogP contribution in [-0.4, -0.2) is 9.55 Å². The maximum atomic E-state index is 5.15. The van der Waals surface area contributed by atoms with Gasteiger partial charge in [0.15, 0.2) is 0 Å². The van der Waals surface area contributed by atoms with E-state index in [1.165, 1.54) is 71.3 Å². The molecular weight excluding hydrogens is 665 g/mol. The highest BCUT2D eigenvalue weighted by atomic mass is 15.1. The third-order valence-corrected chi connectivity index (χ3v) is 12.2. The third-order valence-electron chi connectivity index (χ3n) is 12.2. The van der Waals surface area contributed by atoms with Gasteiger partial charge in [0.1, 0.15) is 5.82 Å². The summed E-state index contributed by atoms with van der Waals surface area (Å²) in [5, 5.41) is 7.70. The monoisotopic (exact) mass is 708 g/mol. The van der Waals surface area contributed by atoms with Gasteiger partial charge in [-0.15, -0.1) is 0 Å². The Morgan fingerprint density at radius 1 is 0.527 bits per heavy atom. The number of allylic oxidation sites excluding steroid dienone is 2. The van der Waals surface area contributed by atoms with E-state index < -0.39 is 0 Å². The standard InChI is InChI=1S/C53H44N2/c1-4-12-45-48-31-29-35-13-6-8-15-43(35)51(48)34(5-2)33-49(45)39-23-21-37(22-24-39)41-17-10-20-47-42(18-11-19-46(41)47)38-25-27-40(28-26-38)53-54-52-44-16-9-7-14-36(44)30-32-50(52)55(53)3/h6-11,13-34,45H,4-5,12H2,1-3H3. The van der Waals surface area contributed by atoms with Crippen LogP contribution in [0.3, 0.4) is 0 Å². The molecule has 0 fully saturated rings. The Balaban J connectivity index is 0.984. The van der Waals surface area contributed by atoms with Gasteiger partial charge in [0.25, 0.3) is 0 Å². The second-order valence-electron chi connectivity index (χ2n) is 15.3. The number of hydrogen-bond donors (Lipinski definition) is 0. The number of nitrogens with zero attached hydrogens (tertiary/aromatic N) is 2. The minimum atomic E-state index is 0.404. The van der Waals surface area contributed by atoms with Crippen molar-refractivity contribution in [1.82, 2.24) is 9.55 Å². The average molecular weight is 709 g/mol. The highest BCUT2D eigenvalue weighted by molar-refractivity contribution is 6.06. The van der Waals surface area contributed by atoms with Crippen molar-refractivity contribution in [2.24, 2.45) is 7.05 Å². The molecule has 0 N–H and O–H groups in total. The molecule has 0 radical (unpaired) electrons. The van der Waals surface area contributed by atoms with Gasteiger partial charge in [-0.3, -0.25) is 0 Å². The molecule has 0 saturated carbocycles. The third kappa shape index (κ3) is 5.50. The molecule has 9 aromatic rings. The van der Waals surface area contributed by atoms with Crippen LogP contribution in [0.25, 0.3) is 82.6 Å². The summed E-state index contributed by atoms with van der Waals surface area (Å²) in [6, 6.07) is 58.4. The zero-order valence-electron chi connectivity index (χ0n) is 31.8. The topological polar surface area (TPSA) is 17.8 Å². The lowest BCUT2D eigenvalue weighted by Crippen LogP contribution is -2.14. The Hall–Kier alpha value is -6.25. The van der Waals surface area contributed by atoms with Gasteiger partial charge in [-0.1, -0.05) is 178 Å². The van der Waals surface area contributed by atoms with Crippen molar-refractivity contribution in [1.29, 1.82) is 0 Å². The molecule has 1 aliphatic rings. The van der Waals surface area contributed by atoms with E-state index in [1.807, 2.05) is 0 Å². The van der Waals surface area contributed by atoms with E-state index >= 15 is 0 Å². The van der Waals surface area contributed by atoms with Crippen molar-refractivity contribution in [2.45, 2.75) is 44.9 Å². The molecular formula is C53H44N2. The van der Waals surface area contributed by atoms with Crippen molar-refractivity contribution < 1.29 is 0 Å². The van der Waals surface area contributed by atoms with Crippen molar-refractivity contribution in [2.75, 3.05) is 0 Å². The summed E-state index contributed by atoms with van der Waals surface area (Å²) in [5.41, 5.74) is 14.2. The number of fused-ring (bicyclic) bond motifs is 7. The summed E-state index contributed by atoms with van der Waals surface area (Å²) < 4.78 is 2.21. The first-order chi connectivity index (χ1) is 27.1. The maximum absolute atomic E-state index is 5.15. The van der Waals surface area contributed by atoms with E-state index in [9.17, 15) is 0 Å². The SMILES string of the molecule is CCCC1C(c2ccc(-c3cccc4c(-c5ccc(-c6nc7c8ccccc8ccc7n6C)cc5)cccc34)cc2)=CC(CC)c2c1ccc1ccccc21. The van der Waals surface area contributed by atoms with Gasteiger partial charge in [0.2, 0.25) is 0 Å². The molecule has 2 nitrogen and oxygen atoms in total. The lowest BCUT2D eigenvalue weighted by Gasteiger charge is -2.33. The maximum Gasteiger partial charge on any atom is 0.140 e.